The first-order valence-electron chi connectivity index (χ1n) is 9.08. The van der Waals surface area contributed by atoms with Crippen molar-refractivity contribution in [2.75, 3.05) is 10.6 Å². The number of thiazole rings is 1. The molecule has 2 amide bonds. The lowest BCUT2D eigenvalue weighted by atomic mass is 10.0. The van der Waals surface area contributed by atoms with Crippen molar-refractivity contribution in [2.24, 2.45) is 0 Å². The Labute approximate surface area is 178 Å². The second kappa shape index (κ2) is 8.90. The molecule has 4 aromatic rings. The number of halogens is 1. The van der Waals surface area contributed by atoms with Gasteiger partial charge in [-0.2, -0.15) is 0 Å². The van der Waals surface area contributed by atoms with Crippen LogP contribution in [0.15, 0.2) is 84.2 Å². The fraction of sp³-hybridized carbons (Fsp3) is 0.0435. The number of hydrogen-bond donors (Lipinski definition) is 2. The van der Waals surface area contributed by atoms with E-state index in [0.29, 0.717) is 15.8 Å². The molecule has 0 saturated heterocycles. The van der Waals surface area contributed by atoms with Gasteiger partial charge in [0.15, 0.2) is 5.13 Å². The Bertz CT molecular complexity index is 1090. The van der Waals surface area contributed by atoms with Crippen LogP contribution in [0.4, 0.5) is 15.6 Å². The molecule has 0 bridgehead atoms. The SMILES string of the molecule is O=C(Nc1ccc(Cl)cc1)Nc1nc(-c2ccc(Cc3ccccc3)cc2)cs1. The van der Waals surface area contributed by atoms with E-state index in [2.05, 4.69) is 64.1 Å². The molecule has 0 unspecified atom stereocenters. The van der Waals surface area contributed by atoms with Gasteiger partial charge in [0.25, 0.3) is 0 Å². The van der Waals surface area contributed by atoms with E-state index < -0.39 is 0 Å². The van der Waals surface area contributed by atoms with Crippen LogP contribution in [0.5, 0.6) is 0 Å². The van der Waals surface area contributed by atoms with Crippen molar-refractivity contribution in [1.82, 2.24) is 4.98 Å². The van der Waals surface area contributed by atoms with Crippen LogP contribution >= 0.6 is 22.9 Å². The topological polar surface area (TPSA) is 54.0 Å². The highest BCUT2D eigenvalue weighted by Gasteiger charge is 2.08. The van der Waals surface area contributed by atoms with Crippen molar-refractivity contribution >= 4 is 39.8 Å². The van der Waals surface area contributed by atoms with E-state index in [0.717, 1.165) is 17.7 Å². The van der Waals surface area contributed by atoms with Crippen LogP contribution in [0, 0.1) is 0 Å². The summed E-state index contributed by atoms with van der Waals surface area (Å²) in [7, 11) is 0. The predicted molar refractivity (Wildman–Crippen MR) is 121 cm³/mol. The number of aromatic nitrogens is 1. The molecule has 0 atom stereocenters. The van der Waals surface area contributed by atoms with Gasteiger partial charge < -0.3 is 5.32 Å². The van der Waals surface area contributed by atoms with Crippen LogP contribution in [0.3, 0.4) is 0 Å². The number of nitrogens with one attached hydrogen (secondary N) is 2. The van der Waals surface area contributed by atoms with Crippen molar-refractivity contribution in [3.05, 3.63) is 100 Å². The zero-order valence-electron chi connectivity index (χ0n) is 15.4. The van der Waals surface area contributed by atoms with Crippen molar-refractivity contribution in [2.45, 2.75) is 6.42 Å². The summed E-state index contributed by atoms with van der Waals surface area (Å²) in [5.41, 5.74) is 5.05. The zero-order valence-corrected chi connectivity index (χ0v) is 17.0. The molecule has 0 aliphatic carbocycles. The molecular formula is C23H18ClN3OS. The number of rotatable bonds is 5. The third-order valence-electron chi connectivity index (χ3n) is 4.33. The Morgan fingerprint density at radius 2 is 1.55 bits per heavy atom. The highest BCUT2D eigenvalue weighted by Crippen LogP contribution is 2.26. The van der Waals surface area contributed by atoms with E-state index in [1.54, 1.807) is 24.3 Å². The molecule has 0 spiro atoms. The Kier molecular flexibility index (Phi) is 5.89. The largest absolute Gasteiger partial charge is 0.325 e. The van der Waals surface area contributed by atoms with Gasteiger partial charge in [-0.25, -0.2) is 9.78 Å². The van der Waals surface area contributed by atoms with Crippen LogP contribution < -0.4 is 10.6 Å². The summed E-state index contributed by atoms with van der Waals surface area (Å²) in [6.45, 7) is 0. The lowest BCUT2D eigenvalue weighted by molar-refractivity contribution is 0.262. The van der Waals surface area contributed by atoms with Gasteiger partial charge >= 0.3 is 6.03 Å². The molecule has 3 aromatic carbocycles. The molecule has 144 valence electrons. The first kappa shape index (κ1) is 19.2. The van der Waals surface area contributed by atoms with Gasteiger partial charge in [-0.1, -0.05) is 66.2 Å². The highest BCUT2D eigenvalue weighted by atomic mass is 35.5. The third kappa shape index (κ3) is 5.22. The predicted octanol–water partition coefficient (Wildman–Crippen LogP) is 6.70. The average Bonchev–Trinajstić information content (AvgIpc) is 3.19. The Morgan fingerprint density at radius 3 is 2.28 bits per heavy atom. The van der Waals surface area contributed by atoms with Crippen LogP contribution in [0.2, 0.25) is 5.02 Å². The summed E-state index contributed by atoms with van der Waals surface area (Å²) in [6, 6.07) is 25.3. The van der Waals surface area contributed by atoms with Crippen LogP contribution in [0.1, 0.15) is 11.1 Å². The van der Waals surface area contributed by atoms with Gasteiger partial charge in [0.2, 0.25) is 0 Å². The summed E-state index contributed by atoms with van der Waals surface area (Å²) < 4.78 is 0. The van der Waals surface area contributed by atoms with E-state index in [-0.39, 0.29) is 6.03 Å². The van der Waals surface area contributed by atoms with Gasteiger partial charge in [-0.3, -0.25) is 5.32 Å². The first-order valence-corrected chi connectivity index (χ1v) is 10.3. The molecular weight excluding hydrogens is 402 g/mol. The minimum Gasteiger partial charge on any atom is -0.308 e. The molecule has 2 N–H and O–H groups in total. The second-order valence-electron chi connectivity index (χ2n) is 6.48. The van der Waals surface area contributed by atoms with Crippen molar-refractivity contribution in [3.63, 3.8) is 0 Å². The number of benzene rings is 3. The minimum atomic E-state index is -0.341. The number of hydrogen-bond acceptors (Lipinski definition) is 3. The number of urea groups is 1. The molecule has 4 rings (SSSR count). The molecule has 1 aromatic heterocycles. The fourth-order valence-electron chi connectivity index (χ4n) is 2.88. The molecule has 1 heterocycles. The summed E-state index contributed by atoms with van der Waals surface area (Å²) in [6.07, 6.45) is 0.899. The third-order valence-corrected chi connectivity index (χ3v) is 5.34. The number of carbonyl (C=O) groups is 1. The van der Waals surface area contributed by atoms with E-state index in [4.69, 9.17) is 11.6 Å². The Balaban J connectivity index is 1.38. The van der Waals surface area contributed by atoms with E-state index in [1.165, 1.54) is 22.5 Å². The summed E-state index contributed by atoms with van der Waals surface area (Å²) >= 11 is 7.24. The maximum absolute atomic E-state index is 12.1. The maximum atomic E-state index is 12.1. The Morgan fingerprint density at radius 1 is 0.862 bits per heavy atom. The zero-order chi connectivity index (χ0) is 20.1. The first-order chi connectivity index (χ1) is 14.2. The summed E-state index contributed by atoms with van der Waals surface area (Å²) in [5, 5.41) is 8.62. The monoisotopic (exact) mass is 419 g/mol. The summed E-state index contributed by atoms with van der Waals surface area (Å²) in [4.78, 5) is 16.7. The van der Waals surface area contributed by atoms with Crippen LogP contribution in [0.25, 0.3) is 11.3 Å². The van der Waals surface area contributed by atoms with Crippen LogP contribution in [-0.4, -0.2) is 11.0 Å². The highest BCUT2D eigenvalue weighted by molar-refractivity contribution is 7.14. The lowest BCUT2D eigenvalue weighted by Gasteiger charge is -2.05. The van der Waals surface area contributed by atoms with E-state index in [9.17, 15) is 4.79 Å². The molecule has 0 aliphatic rings. The van der Waals surface area contributed by atoms with E-state index >= 15 is 0 Å². The van der Waals surface area contributed by atoms with Gasteiger partial charge in [-0.05, 0) is 41.8 Å². The number of nitrogens with zero attached hydrogens (tertiary/aromatic N) is 1. The molecule has 0 radical (unpaired) electrons. The van der Waals surface area contributed by atoms with Crippen molar-refractivity contribution in [1.29, 1.82) is 0 Å². The van der Waals surface area contributed by atoms with Gasteiger partial charge in [0.05, 0.1) is 5.69 Å². The molecule has 0 saturated carbocycles. The molecule has 0 fully saturated rings. The fourth-order valence-corrected chi connectivity index (χ4v) is 3.72. The lowest BCUT2D eigenvalue weighted by Crippen LogP contribution is -2.19. The molecule has 6 heteroatoms. The normalized spacial score (nSPS) is 10.5. The molecule has 29 heavy (non-hydrogen) atoms. The van der Waals surface area contributed by atoms with Crippen molar-refractivity contribution < 1.29 is 4.79 Å². The average molecular weight is 420 g/mol. The van der Waals surface area contributed by atoms with Crippen molar-refractivity contribution in [3.8, 4) is 11.3 Å². The van der Waals surface area contributed by atoms with Crippen LogP contribution in [-0.2, 0) is 6.42 Å². The quantitative estimate of drug-likeness (QED) is 0.378. The van der Waals surface area contributed by atoms with Gasteiger partial charge in [0, 0.05) is 21.7 Å². The molecule has 0 aliphatic heterocycles. The smallest absolute Gasteiger partial charge is 0.308 e. The second-order valence-corrected chi connectivity index (χ2v) is 7.78. The van der Waals surface area contributed by atoms with E-state index in [1.807, 2.05) is 11.4 Å². The Hall–Kier alpha value is -3.15. The maximum Gasteiger partial charge on any atom is 0.325 e. The van der Waals surface area contributed by atoms with Gasteiger partial charge in [0.1, 0.15) is 0 Å². The standard InChI is InChI=1S/C23H18ClN3OS/c24-19-10-12-20(13-11-19)25-22(28)27-23-26-21(15-29-23)18-8-6-17(7-9-18)14-16-4-2-1-3-5-16/h1-13,15H,14H2,(H2,25,26,27,28). The number of anilines is 2. The minimum absolute atomic E-state index is 0.341. The number of amides is 2. The van der Waals surface area contributed by atoms with Gasteiger partial charge in [-0.15, -0.1) is 11.3 Å². The molecule has 4 nitrogen and oxygen atoms in total. The summed E-state index contributed by atoms with van der Waals surface area (Å²) in [5.74, 6) is 0. The number of carbonyl (C=O) groups excluding carboxylic acids is 1.